The molecule has 0 saturated carbocycles. The highest BCUT2D eigenvalue weighted by Gasteiger charge is 1.95. The molecule has 0 unspecified atom stereocenters. The van der Waals surface area contributed by atoms with Gasteiger partial charge in [0.15, 0.2) is 0 Å². The molecule has 0 aromatic heterocycles. The average Bonchev–Trinajstić information content (AvgIpc) is 2.56. The van der Waals surface area contributed by atoms with Crippen molar-refractivity contribution in [1.29, 1.82) is 0 Å². The molecular weight excluding hydrogens is 256 g/mol. The lowest BCUT2D eigenvalue weighted by Crippen LogP contribution is -1.95. The summed E-state index contributed by atoms with van der Waals surface area (Å²) in [5.74, 6) is 0. The second-order valence-corrected chi connectivity index (χ2v) is 4.69. The Balaban J connectivity index is 0.000000272. The lowest BCUT2D eigenvalue weighted by atomic mass is 10.0. The van der Waals surface area contributed by atoms with Gasteiger partial charge in [-0.3, -0.25) is 0 Å². The minimum atomic E-state index is 0.844. The second-order valence-electron chi connectivity index (χ2n) is 4.69. The topological polar surface area (TPSA) is 52.0 Å². The molecule has 0 fully saturated rings. The molecule has 2 heteroatoms. The van der Waals surface area contributed by atoms with Crippen molar-refractivity contribution < 1.29 is 0 Å². The van der Waals surface area contributed by atoms with Gasteiger partial charge in [0.1, 0.15) is 0 Å². The van der Waals surface area contributed by atoms with Crippen molar-refractivity contribution >= 4 is 21.5 Å². The van der Waals surface area contributed by atoms with Crippen LogP contribution in [0.1, 0.15) is 19.8 Å². The van der Waals surface area contributed by atoms with E-state index in [1.165, 1.54) is 41.4 Å². The van der Waals surface area contributed by atoms with E-state index in [9.17, 15) is 0 Å². The molecule has 0 radical (unpaired) electrons. The Kier molecular flexibility index (Phi) is 8.10. The molecule has 0 saturated heterocycles. The van der Waals surface area contributed by atoms with E-state index in [0.29, 0.717) is 0 Å². The molecule has 0 atom stereocenters. The molecule has 0 aliphatic heterocycles. The van der Waals surface area contributed by atoms with Crippen LogP contribution in [0.2, 0.25) is 0 Å². The molecule has 112 valence electrons. The number of nitrogens with two attached hydrogens (primary N) is 2. The maximum atomic E-state index is 5.14. The standard InChI is InChI=1S/C14H10.C4H11N.CH5N/c1-2-6-12-10-14-8-4-3-7-13(14)9-11(12)5-1;1-2-3-4-5;1-2/h1-10H;2-5H2,1H3;2H2,1H3. The summed E-state index contributed by atoms with van der Waals surface area (Å²) in [4.78, 5) is 0. The molecule has 0 aliphatic carbocycles. The van der Waals surface area contributed by atoms with Crippen molar-refractivity contribution in [3.8, 4) is 0 Å². The van der Waals surface area contributed by atoms with Gasteiger partial charge in [-0.1, -0.05) is 61.9 Å². The highest BCUT2D eigenvalue weighted by molar-refractivity contribution is 5.98. The number of rotatable bonds is 2. The predicted octanol–water partition coefficient (Wildman–Crippen LogP) is 4.31. The molecule has 2 nitrogen and oxygen atoms in total. The second kappa shape index (κ2) is 9.92. The van der Waals surface area contributed by atoms with E-state index in [0.717, 1.165) is 6.54 Å². The number of fused-ring (bicyclic) bond motifs is 2. The van der Waals surface area contributed by atoms with Crippen LogP contribution in [0.25, 0.3) is 21.5 Å². The smallest absolute Gasteiger partial charge is 0.00774 e. The summed E-state index contributed by atoms with van der Waals surface area (Å²) in [5, 5.41) is 5.25. The molecule has 0 bridgehead atoms. The van der Waals surface area contributed by atoms with E-state index in [1.807, 2.05) is 0 Å². The van der Waals surface area contributed by atoms with Crippen LogP contribution in [0.15, 0.2) is 60.7 Å². The Morgan fingerprint density at radius 1 is 0.714 bits per heavy atom. The molecule has 0 amide bonds. The molecule has 4 N–H and O–H groups in total. The molecule has 3 aromatic rings. The minimum Gasteiger partial charge on any atom is -0.333 e. The average molecular weight is 282 g/mol. The Hall–Kier alpha value is -1.90. The lowest BCUT2D eigenvalue weighted by molar-refractivity contribution is 0.807. The monoisotopic (exact) mass is 282 g/mol. The van der Waals surface area contributed by atoms with Crippen LogP contribution in [-0.4, -0.2) is 13.6 Å². The van der Waals surface area contributed by atoms with E-state index in [2.05, 4.69) is 73.3 Å². The van der Waals surface area contributed by atoms with E-state index in [4.69, 9.17) is 5.73 Å². The number of benzene rings is 3. The van der Waals surface area contributed by atoms with Crippen molar-refractivity contribution in [1.82, 2.24) is 0 Å². The van der Waals surface area contributed by atoms with Crippen LogP contribution in [-0.2, 0) is 0 Å². The third kappa shape index (κ3) is 5.18. The number of hydrogen-bond donors (Lipinski definition) is 2. The number of unbranched alkanes of at least 4 members (excludes halogenated alkanes) is 1. The van der Waals surface area contributed by atoms with Crippen LogP contribution in [0.5, 0.6) is 0 Å². The molecule has 0 heterocycles. The Morgan fingerprint density at radius 3 is 1.24 bits per heavy atom. The van der Waals surface area contributed by atoms with Gasteiger partial charge in [0.25, 0.3) is 0 Å². The van der Waals surface area contributed by atoms with Crippen LogP contribution in [0, 0.1) is 0 Å². The fraction of sp³-hybridized carbons (Fsp3) is 0.263. The van der Waals surface area contributed by atoms with Gasteiger partial charge >= 0.3 is 0 Å². The molecule has 3 rings (SSSR count). The highest BCUT2D eigenvalue weighted by atomic mass is 14.5. The summed E-state index contributed by atoms with van der Waals surface area (Å²) in [6, 6.07) is 21.4. The third-order valence-electron chi connectivity index (χ3n) is 3.17. The fourth-order valence-electron chi connectivity index (χ4n) is 2.09. The van der Waals surface area contributed by atoms with Gasteiger partial charge < -0.3 is 11.5 Å². The summed E-state index contributed by atoms with van der Waals surface area (Å²) >= 11 is 0. The van der Waals surface area contributed by atoms with Gasteiger partial charge in [-0.15, -0.1) is 0 Å². The van der Waals surface area contributed by atoms with Crippen LogP contribution < -0.4 is 11.5 Å². The van der Waals surface area contributed by atoms with E-state index >= 15 is 0 Å². The zero-order valence-corrected chi connectivity index (χ0v) is 13.0. The molecule has 3 aromatic carbocycles. The van der Waals surface area contributed by atoms with Crippen molar-refractivity contribution in [2.45, 2.75) is 19.8 Å². The van der Waals surface area contributed by atoms with E-state index in [-0.39, 0.29) is 0 Å². The molecule has 0 aliphatic rings. The Bertz CT molecular complexity index is 540. The zero-order chi connectivity index (χ0) is 15.5. The first-order valence-corrected chi connectivity index (χ1v) is 7.50. The van der Waals surface area contributed by atoms with Crippen LogP contribution in [0.4, 0.5) is 0 Å². The molecular formula is C19H26N2. The summed E-state index contributed by atoms with van der Waals surface area (Å²) in [6.07, 6.45) is 2.39. The van der Waals surface area contributed by atoms with Gasteiger partial charge in [-0.05, 0) is 53.7 Å². The molecule has 0 spiro atoms. The van der Waals surface area contributed by atoms with Gasteiger partial charge in [0.05, 0.1) is 0 Å². The van der Waals surface area contributed by atoms with Gasteiger partial charge in [-0.25, -0.2) is 0 Å². The van der Waals surface area contributed by atoms with Crippen LogP contribution >= 0.6 is 0 Å². The first-order chi connectivity index (χ1) is 10.3. The van der Waals surface area contributed by atoms with E-state index in [1.54, 1.807) is 0 Å². The Morgan fingerprint density at radius 2 is 1.05 bits per heavy atom. The quantitative estimate of drug-likeness (QED) is 0.688. The maximum Gasteiger partial charge on any atom is -0.00774 e. The first kappa shape index (κ1) is 17.2. The third-order valence-corrected chi connectivity index (χ3v) is 3.17. The highest BCUT2D eigenvalue weighted by Crippen LogP contribution is 2.21. The summed E-state index contributed by atoms with van der Waals surface area (Å²) in [7, 11) is 1.50. The van der Waals surface area contributed by atoms with Crippen LogP contribution in [0.3, 0.4) is 0 Å². The SMILES string of the molecule is CCCCN.CN.c1ccc2cc3ccccc3cc2c1. The van der Waals surface area contributed by atoms with Gasteiger partial charge in [0, 0.05) is 0 Å². The minimum absolute atomic E-state index is 0.844. The van der Waals surface area contributed by atoms with Gasteiger partial charge in [0.2, 0.25) is 0 Å². The fourth-order valence-corrected chi connectivity index (χ4v) is 2.09. The Labute approximate surface area is 127 Å². The first-order valence-electron chi connectivity index (χ1n) is 7.50. The van der Waals surface area contributed by atoms with Gasteiger partial charge in [-0.2, -0.15) is 0 Å². The van der Waals surface area contributed by atoms with Crippen molar-refractivity contribution in [2.24, 2.45) is 11.5 Å². The maximum absolute atomic E-state index is 5.14. The molecule has 21 heavy (non-hydrogen) atoms. The lowest BCUT2D eigenvalue weighted by Gasteiger charge is -2.00. The van der Waals surface area contributed by atoms with Crippen molar-refractivity contribution in [3.63, 3.8) is 0 Å². The summed E-state index contributed by atoms with van der Waals surface area (Å²) in [6.45, 7) is 2.98. The van der Waals surface area contributed by atoms with Crippen molar-refractivity contribution in [3.05, 3.63) is 60.7 Å². The summed E-state index contributed by atoms with van der Waals surface area (Å²) in [5.41, 5.74) is 9.64. The largest absolute Gasteiger partial charge is 0.333 e. The number of hydrogen-bond acceptors (Lipinski definition) is 2. The van der Waals surface area contributed by atoms with Crippen molar-refractivity contribution in [2.75, 3.05) is 13.6 Å². The van der Waals surface area contributed by atoms with E-state index < -0.39 is 0 Å². The predicted molar refractivity (Wildman–Crippen MR) is 95.5 cm³/mol. The summed E-state index contributed by atoms with van der Waals surface area (Å²) < 4.78 is 0. The normalized spacial score (nSPS) is 9.52. The zero-order valence-electron chi connectivity index (χ0n) is 13.0.